The Labute approximate surface area is 221 Å². The van der Waals surface area contributed by atoms with Crippen molar-refractivity contribution in [1.82, 2.24) is 20.4 Å². The molecule has 1 aromatic rings. The lowest BCUT2D eigenvalue weighted by Gasteiger charge is -2.36. The number of rotatable bonds is 9. The van der Waals surface area contributed by atoms with Crippen LogP contribution in [-0.2, 0) is 31.1 Å². The van der Waals surface area contributed by atoms with Crippen molar-refractivity contribution in [2.75, 3.05) is 13.6 Å². The maximum atomic E-state index is 14.1. The third kappa shape index (κ3) is 4.93. The van der Waals surface area contributed by atoms with Crippen LogP contribution in [0.1, 0.15) is 56.1 Å². The van der Waals surface area contributed by atoms with E-state index in [1.54, 1.807) is 0 Å². The molecule has 11 heteroatoms. The molecule has 5 rings (SSSR count). The Hall–Kier alpha value is -3.63. The first kappa shape index (κ1) is 26.0. The molecule has 2 aliphatic carbocycles. The van der Waals surface area contributed by atoms with Gasteiger partial charge in [0.1, 0.15) is 18.1 Å². The molecule has 11 nitrogen and oxygen atoms in total. The summed E-state index contributed by atoms with van der Waals surface area (Å²) >= 11 is 0. The Balaban J connectivity index is 1.44. The van der Waals surface area contributed by atoms with Crippen LogP contribution in [0.15, 0.2) is 24.3 Å². The number of benzene rings is 1. The van der Waals surface area contributed by atoms with Gasteiger partial charge >= 0.3 is 6.09 Å². The number of nitrogens with two attached hydrogens (primary N) is 1. The van der Waals surface area contributed by atoms with Gasteiger partial charge in [-0.2, -0.15) is 0 Å². The zero-order valence-electron chi connectivity index (χ0n) is 21.5. The highest BCUT2D eigenvalue weighted by Gasteiger charge is 2.56. The van der Waals surface area contributed by atoms with Gasteiger partial charge < -0.3 is 31.3 Å². The molecule has 0 bridgehead atoms. The van der Waals surface area contributed by atoms with Gasteiger partial charge in [-0.15, -0.1) is 0 Å². The van der Waals surface area contributed by atoms with E-state index in [0.29, 0.717) is 19.4 Å². The smallest absolute Gasteiger partial charge is 0.405 e. The third-order valence-electron chi connectivity index (χ3n) is 8.59. The van der Waals surface area contributed by atoms with Crippen molar-refractivity contribution in [2.45, 2.75) is 75.0 Å². The van der Waals surface area contributed by atoms with Crippen LogP contribution in [0, 0.1) is 11.8 Å². The van der Waals surface area contributed by atoms with Gasteiger partial charge in [0.25, 0.3) is 0 Å². The zero-order chi connectivity index (χ0) is 27.2. The molecule has 204 valence electrons. The summed E-state index contributed by atoms with van der Waals surface area (Å²) in [6.45, 7) is 0.344. The fourth-order valence-corrected chi connectivity index (χ4v) is 6.10. The number of fused-ring (bicyclic) bond motifs is 2. The van der Waals surface area contributed by atoms with Gasteiger partial charge in [-0.1, -0.05) is 49.9 Å². The molecular formula is C27H35N5O6. The fraction of sp³-hybridized carbons (Fsp3) is 0.593. The average Bonchev–Trinajstić information content (AvgIpc) is 3.82. The third-order valence-corrected chi connectivity index (χ3v) is 8.59. The Morgan fingerprint density at radius 2 is 1.82 bits per heavy atom. The van der Waals surface area contributed by atoms with Gasteiger partial charge in [0.05, 0.1) is 5.41 Å². The van der Waals surface area contributed by atoms with E-state index in [1.807, 2.05) is 24.3 Å². The van der Waals surface area contributed by atoms with E-state index in [1.165, 1.54) is 16.8 Å². The monoisotopic (exact) mass is 525 g/mol. The molecule has 0 radical (unpaired) electrons. The van der Waals surface area contributed by atoms with Crippen molar-refractivity contribution < 1.29 is 29.1 Å². The summed E-state index contributed by atoms with van der Waals surface area (Å²) in [6, 6.07) is 4.63. The molecule has 2 aliphatic heterocycles. The van der Waals surface area contributed by atoms with Gasteiger partial charge in [0.2, 0.25) is 23.6 Å². The average molecular weight is 526 g/mol. The highest BCUT2D eigenvalue weighted by molar-refractivity contribution is 5.98. The molecule has 5 amide bonds. The summed E-state index contributed by atoms with van der Waals surface area (Å²) in [6.07, 6.45) is 3.32. The second-order valence-electron chi connectivity index (χ2n) is 11.3. The van der Waals surface area contributed by atoms with Crippen LogP contribution in [0.5, 0.6) is 0 Å². The lowest BCUT2D eigenvalue weighted by atomic mass is 9.73. The molecule has 1 saturated heterocycles. The molecule has 5 N–H and O–H groups in total. The molecule has 2 saturated carbocycles. The van der Waals surface area contributed by atoms with Crippen molar-refractivity contribution in [1.29, 1.82) is 0 Å². The number of nitrogens with one attached hydrogen (secondary N) is 2. The number of likely N-dealkylation sites (tertiary alicyclic amines) is 1. The van der Waals surface area contributed by atoms with Gasteiger partial charge in [0.15, 0.2) is 0 Å². The number of carbonyl (C=O) groups is 5. The highest BCUT2D eigenvalue weighted by atomic mass is 16.4. The number of carbonyl (C=O) groups excluding carboxylic acids is 4. The van der Waals surface area contributed by atoms with E-state index < -0.39 is 47.4 Å². The maximum Gasteiger partial charge on any atom is 0.405 e. The van der Waals surface area contributed by atoms with Crippen LogP contribution in [0.2, 0.25) is 0 Å². The van der Waals surface area contributed by atoms with Crippen molar-refractivity contribution >= 4 is 29.7 Å². The second-order valence-corrected chi connectivity index (χ2v) is 11.3. The second kappa shape index (κ2) is 9.92. The van der Waals surface area contributed by atoms with Crippen molar-refractivity contribution in [3.8, 4) is 0 Å². The molecule has 2 heterocycles. The molecule has 4 atom stereocenters. The van der Waals surface area contributed by atoms with Gasteiger partial charge in [-0.25, -0.2) is 4.79 Å². The number of primary amides is 1. The first-order valence-corrected chi connectivity index (χ1v) is 13.3. The minimum Gasteiger partial charge on any atom is -0.465 e. The molecule has 2 unspecified atom stereocenters. The Morgan fingerprint density at radius 1 is 1.16 bits per heavy atom. The number of nitrogens with zero attached hydrogens (tertiary/aromatic N) is 2. The highest BCUT2D eigenvalue weighted by Crippen LogP contribution is 2.43. The number of likely N-dealkylation sites (N-methyl/N-ethyl adjacent to an activating group) is 1. The standard InChI is InChI=1S/C27H35N5O6/c1-31(23(34)19(30-26(37)38)10-15-6-7-15)20(11-16-8-9-16)24(35)32-14-27(12-21(32)22(28)33)18-5-3-2-4-17(18)13-29-25(27)36/h2-5,15-16,19-21,30H,6-14H2,1H3,(H2,28,33)(H,29,36)(H,37,38)/t19-,20-,21?,27?/m0/s1. The summed E-state index contributed by atoms with van der Waals surface area (Å²) in [7, 11) is 1.52. The van der Waals surface area contributed by atoms with Crippen LogP contribution in [0.4, 0.5) is 4.79 Å². The predicted molar refractivity (Wildman–Crippen MR) is 135 cm³/mol. The molecule has 0 aromatic heterocycles. The summed E-state index contributed by atoms with van der Waals surface area (Å²) in [4.78, 5) is 67.7. The van der Waals surface area contributed by atoms with E-state index in [9.17, 15) is 29.1 Å². The number of hydrogen-bond donors (Lipinski definition) is 4. The molecule has 1 spiro atoms. The number of amides is 5. The first-order valence-electron chi connectivity index (χ1n) is 13.3. The number of hydrogen-bond acceptors (Lipinski definition) is 5. The van der Waals surface area contributed by atoms with Gasteiger partial charge in [-0.05, 0) is 42.2 Å². The molecule has 38 heavy (non-hydrogen) atoms. The Bertz CT molecular complexity index is 1160. The van der Waals surface area contributed by atoms with Crippen LogP contribution in [0.25, 0.3) is 0 Å². The normalized spacial score (nSPS) is 25.8. The summed E-state index contributed by atoms with van der Waals surface area (Å²) in [5, 5.41) is 14.5. The van der Waals surface area contributed by atoms with Crippen molar-refractivity contribution in [3.63, 3.8) is 0 Å². The van der Waals surface area contributed by atoms with Gasteiger partial charge in [0, 0.05) is 20.1 Å². The van der Waals surface area contributed by atoms with E-state index >= 15 is 0 Å². The minimum atomic E-state index is -1.29. The molecule has 4 aliphatic rings. The van der Waals surface area contributed by atoms with Crippen molar-refractivity contribution in [3.05, 3.63) is 35.4 Å². The Morgan fingerprint density at radius 3 is 2.45 bits per heavy atom. The molecular weight excluding hydrogens is 490 g/mol. The molecule has 3 fully saturated rings. The topological polar surface area (TPSA) is 162 Å². The van der Waals surface area contributed by atoms with Crippen LogP contribution < -0.4 is 16.4 Å². The predicted octanol–water partition coefficient (Wildman–Crippen LogP) is 0.704. The number of carboxylic acid groups (broad SMARTS) is 1. The minimum absolute atomic E-state index is 0.0235. The van der Waals surface area contributed by atoms with Crippen molar-refractivity contribution in [2.24, 2.45) is 17.6 Å². The Kier molecular flexibility index (Phi) is 6.79. The molecule has 1 aromatic carbocycles. The van der Waals surface area contributed by atoms with Gasteiger partial charge in [-0.3, -0.25) is 19.2 Å². The van der Waals surface area contributed by atoms with E-state index in [-0.39, 0.29) is 30.7 Å². The van der Waals surface area contributed by atoms with Crippen LogP contribution in [-0.4, -0.2) is 76.3 Å². The van der Waals surface area contributed by atoms with Crippen LogP contribution >= 0.6 is 0 Å². The maximum absolute atomic E-state index is 14.1. The zero-order valence-corrected chi connectivity index (χ0v) is 21.5. The van der Waals surface area contributed by atoms with E-state index in [4.69, 9.17) is 5.73 Å². The first-order chi connectivity index (χ1) is 18.1. The quantitative estimate of drug-likeness (QED) is 0.371. The van der Waals surface area contributed by atoms with E-state index in [0.717, 1.165) is 36.8 Å². The fourth-order valence-electron chi connectivity index (χ4n) is 6.10. The summed E-state index contributed by atoms with van der Waals surface area (Å²) < 4.78 is 0. The summed E-state index contributed by atoms with van der Waals surface area (Å²) in [5.41, 5.74) is 6.37. The van der Waals surface area contributed by atoms with Crippen LogP contribution in [0.3, 0.4) is 0 Å². The van der Waals surface area contributed by atoms with E-state index in [2.05, 4.69) is 10.6 Å². The SMILES string of the molecule is CN(C(=O)[C@H](CC1CC1)NC(=O)O)[C@@H](CC1CC1)C(=O)N1CC2(CC1C(N)=O)C(=O)NCc1ccccc12. The lowest BCUT2D eigenvalue weighted by molar-refractivity contribution is -0.148. The lowest BCUT2D eigenvalue weighted by Crippen LogP contribution is -2.57. The largest absolute Gasteiger partial charge is 0.465 e. The summed E-state index contributed by atoms with van der Waals surface area (Å²) in [5.74, 6) is -1.33.